The Morgan fingerprint density at radius 2 is 1.92 bits per heavy atom. The molecule has 0 aromatic carbocycles. The first-order valence-electron chi connectivity index (χ1n) is 4.72. The maximum Gasteiger partial charge on any atom is 0.0642 e. The van der Waals surface area contributed by atoms with Gasteiger partial charge in [-0.2, -0.15) is 0 Å². The Morgan fingerprint density at radius 1 is 1.25 bits per heavy atom. The maximum absolute atomic E-state index is 9.68. The monoisotopic (exact) mass is 170 g/mol. The minimum Gasteiger partial charge on any atom is -0.393 e. The van der Waals surface area contributed by atoms with Gasteiger partial charge in [-0.25, -0.2) is 0 Å². The van der Waals surface area contributed by atoms with Crippen LogP contribution < -0.4 is 0 Å². The van der Waals surface area contributed by atoms with E-state index >= 15 is 0 Å². The highest BCUT2D eigenvalue weighted by Crippen LogP contribution is 2.27. The third-order valence-corrected chi connectivity index (χ3v) is 2.71. The second-order valence-electron chi connectivity index (χ2n) is 3.63. The molecule has 0 saturated heterocycles. The van der Waals surface area contributed by atoms with Crippen LogP contribution in [0.3, 0.4) is 0 Å². The highest BCUT2D eigenvalue weighted by Gasteiger charge is 2.23. The minimum absolute atomic E-state index is 0.0156. The van der Waals surface area contributed by atoms with E-state index in [4.69, 9.17) is 5.11 Å². The largest absolute Gasteiger partial charge is 0.393 e. The third-order valence-electron chi connectivity index (χ3n) is 2.71. The Bertz CT molecular complexity index is 154. The summed E-state index contributed by atoms with van der Waals surface area (Å²) in [5, 5.41) is 18.6. The van der Waals surface area contributed by atoms with Gasteiger partial charge in [0.2, 0.25) is 0 Å². The average molecular weight is 170 g/mol. The zero-order chi connectivity index (χ0) is 8.97. The molecule has 0 heterocycles. The van der Waals surface area contributed by atoms with E-state index in [1.165, 1.54) is 6.42 Å². The Morgan fingerprint density at radius 3 is 2.58 bits per heavy atom. The Labute approximate surface area is 73.9 Å². The lowest BCUT2D eigenvalue weighted by atomic mass is 9.90. The number of rotatable bonds is 2. The summed E-state index contributed by atoms with van der Waals surface area (Å²) in [4.78, 5) is 0. The normalized spacial score (nSPS) is 31.2. The van der Waals surface area contributed by atoms with E-state index in [9.17, 15) is 5.11 Å². The molecule has 70 valence electrons. The van der Waals surface area contributed by atoms with Gasteiger partial charge in [0.1, 0.15) is 0 Å². The fourth-order valence-corrected chi connectivity index (χ4v) is 1.88. The summed E-state index contributed by atoms with van der Waals surface area (Å²) < 4.78 is 0. The van der Waals surface area contributed by atoms with Gasteiger partial charge in [0.25, 0.3) is 0 Å². The molecule has 2 nitrogen and oxygen atoms in total. The molecule has 1 fully saturated rings. The summed E-state index contributed by atoms with van der Waals surface area (Å²) in [6.45, 7) is 3.79. The first-order valence-corrected chi connectivity index (χ1v) is 4.72. The van der Waals surface area contributed by atoms with Crippen LogP contribution in [0.5, 0.6) is 0 Å². The van der Waals surface area contributed by atoms with E-state index in [0.29, 0.717) is 0 Å². The van der Waals surface area contributed by atoms with Crippen LogP contribution in [0, 0.1) is 5.92 Å². The van der Waals surface area contributed by atoms with Crippen molar-refractivity contribution in [2.75, 3.05) is 6.61 Å². The summed E-state index contributed by atoms with van der Waals surface area (Å²) in [6, 6.07) is 0. The molecule has 2 heteroatoms. The smallest absolute Gasteiger partial charge is 0.0642 e. The van der Waals surface area contributed by atoms with Crippen LogP contribution in [0.25, 0.3) is 0 Å². The van der Waals surface area contributed by atoms with Crippen LogP contribution in [0.4, 0.5) is 0 Å². The van der Waals surface area contributed by atoms with E-state index in [2.05, 4.69) is 6.58 Å². The Balaban J connectivity index is 2.52. The van der Waals surface area contributed by atoms with Crippen LogP contribution in [0.15, 0.2) is 12.2 Å². The van der Waals surface area contributed by atoms with E-state index in [-0.39, 0.29) is 18.6 Å². The molecule has 0 aliphatic heterocycles. The maximum atomic E-state index is 9.68. The highest BCUT2D eigenvalue weighted by molar-refractivity contribution is 5.03. The van der Waals surface area contributed by atoms with Crippen molar-refractivity contribution in [3.63, 3.8) is 0 Å². The highest BCUT2D eigenvalue weighted by atomic mass is 16.3. The van der Waals surface area contributed by atoms with E-state index in [0.717, 1.165) is 31.3 Å². The molecule has 0 amide bonds. The molecule has 1 aliphatic carbocycles. The lowest BCUT2D eigenvalue weighted by Gasteiger charge is -2.21. The van der Waals surface area contributed by atoms with Gasteiger partial charge in [-0.3, -0.25) is 0 Å². The summed E-state index contributed by atoms with van der Waals surface area (Å²) in [7, 11) is 0. The van der Waals surface area contributed by atoms with Crippen molar-refractivity contribution in [1.82, 2.24) is 0 Å². The van der Waals surface area contributed by atoms with Crippen LogP contribution >= 0.6 is 0 Å². The van der Waals surface area contributed by atoms with Gasteiger partial charge in [0.05, 0.1) is 12.7 Å². The van der Waals surface area contributed by atoms with Gasteiger partial charge in [0.15, 0.2) is 0 Å². The number of hydrogen-bond donors (Lipinski definition) is 2. The molecule has 0 spiro atoms. The molecule has 0 aromatic rings. The molecule has 12 heavy (non-hydrogen) atoms. The molecule has 1 aliphatic rings. The fraction of sp³-hybridized carbons (Fsp3) is 0.800. The molecule has 2 N–H and O–H groups in total. The Kier molecular flexibility index (Phi) is 3.76. The van der Waals surface area contributed by atoms with Gasteiger partial charge in [-0.05, 0) is 18.4 Å². The second-order valence-corrected chi connectivity index (χ2v) is 3.63. The van der Waals surface area contributed by atoms with E-state index in [1.54, 1.807) is 0 Å². The second kappa shape index (κ2) is 4.63. The zero-order valence-electron chi connectivity index (χ0n) is 7.50. The van der Waals surface area contributed by atoms with Crippen LogP contribution in [-0.4, -0.2) is 22.9 Å². The van der Waals surface area contributed by atoms with E-state index in [1.807, 2.05) is 0 Å². The topological polar surface area (TPSA) is 40.5 Å². The molecule has 0 radical (unpaired) electrons. The van der Waals surface area contributed by atoms with Crippen LogP contribution in [0.1, 0.15) is 32.1 Å². The molecule has 1 rings (SSSR count). The van der Waals surface area contributed by atoms with Gasteiger partial charge < -0.3 is 10.2 Å². The molecular weight excluding hydrogens is 152 g/mol. The summed E-state index contributed by atoms with van der Waals surface area (Å²) in [5.74, 6) is 0.137. The lowest BCUT2D eigenvalue weighted by Crippen LogP contribution is -2.21. The predicted octanol–water partition coefficient (Wildman–Crippen LogP) is 1.48. The number of aliphatic hydroxyl groups is 2. The van der Waals surface area contributed by atoms with Crippen molar-refractivity contribution < 1.29 is 10.2 Å². The van der Waals surface area contributed by atoms with Crippen molar-refractivity contribution in [3.05, 3.63) is 12.2 Å². The van der Waals surface area contributed by atoms with Crippen molar-refractivity contribution in [3.8, 4) is 0 Å². The summed E-state index contributed by atoms with van der Waals surface area (Å²) in [6.07, 6.45) is 5.04. The van der Waals surface area contributed by atoms with Gasteiger partial charge in [-0.15, -0.1) is 0 Å². The van der Waals surface area contributed by atoms with Crippen molar-refractivity contribution in [2.45, 2.75) is 38.2 Å². The van der Waals surface area contributed by atoms with Gasteiger partial charge in [0, 0.05) is 5.92 Å². The van der Waals surface area contributed by atoms with Crippen molar-refractivity contribution in [1.29, 1.82) is 0 Å². The molecule has 0 bridgehead atoms. The summed E-state index contributed by atoms with van der Waals surface area (Å²) in [5.41, 5.74) is 0.796. The predicted molar refractivity (Wildman–Crippen MR) is 48.8 cm³/mol. The first kappa shape index (κ1) is 9.75. The third kappa shape index (κ3) is 2.32. The van der Waals surface area contributed by atoms with Gasteiger partial charge in [-0.1, -0.05) is 25.8 Å². The zero-order valence-corrected chi connectivity index (χ0v) is 7.50. The quantitative estimate of drug-likeness (QED) is 0.487. The van der Waals surface area contributed by atoms with E-state index < -0.39 is 0 Å². The molecule has 0 aromatic heterocycles. The molecule has 2 atom stereocenters. The first-order chi connectivity index (χ1) is 5.75. The van der Waals surface area contributed by atoms with Crippen LogP contribution in [-0.2, 0) is 0 Å². The standard InChI is InChI=1S/C10H18O2/c1-8(7-11)9-5-3-2-4-6-10(9)12/h9-12H,1-7H2/t9?,10-/m1/s1. The summed E-state index contributed by atoms with van der Waals surface area (Å²) >= 11 is 0. The Hall–Kier alpha value is -0.340. The molecular formula is C10H18O2. The van der Waals surface area contributed by atoms with Crippen molar-refractivity contribution in [2.24, 2.45) is 5.92 Å². The van der Waals surface area contributed by atoms with Crippen molar-refractivity contribution >= 4 is 0 Å². The number of hydrogen-bond acceptors (Lipinski definition) is 2. The minimum atomic E-state index is -0.271. The fourth-order valence-electron chi connectivity index (χ4n) is 1.88. The SMILES string of the molecule is C=C(CO)C1CCCCC[C@H]1O. The average Bonchev–Trinajstić information content (AvgIpc) is 2.28. The van der Waals surface area contributed by atoms with Crippen LogP contribution in [0.2, 0.25) is 0 Å². The van der Waals surface area contributed by atoms with Gasteiger partial charge >= 0.3 is 0 Å². The number of aliphatic hydroxyl groups excluding tert-OH is 2. The molecule has 1 unspecified atom stereocenters. The molecule has 1 saturated carbocycles. The lowest BCUT2D eigenvalue weighted by molar-refractivity contribution is 0.111.